The lowest BCUT2D eigenvalue weighted by Gasteiger charge is -2.10. The second-order valence-corrected chi connectivity index (χ2v) is 9.10. The molecular weight excluding hydrogens is 492 g/mol. The zero-order chi connectivity index (χ0) is 24.3. The third-order valence-corrected chi connectivity index (χ3v) is 6.74. The van der Waals surface area contributed by atoms with E-state index in [1.165, 1.54) is 48.2 Å². The van der Waals surface area contributed by atoms with Crippen LogP contribution in [0.4, 0.5) is 0 Å². The van der Waals surface area contributed by atoms with Crippen LogP contribution in [0, 0.1) is 0 Å². The summed E-state index contributed by atoms with van der Waals surface area (Å²) in [4.78, 5) is 47.4. The van der Waals surface area contributed by atoms with Crippen molar-refractivity contribution in [2.45, 2.75) is 19.6 Å². The van der Waals surface area contributed by atoms with Crippen LogP contribution >= 0.6 is 35.1 Å². The van der Waals surface area contributed by atoms with Crippen molar-refractivity contribution in [1.82, 2.24) is 0 Å². The Bertz CT molecular complexity index is 1310. The third-order valence-electron chi connectivity index (χ3n) is 4.27. The molecule has 0 saturated heterocycles. The number of halogens is 1. The minimum absolute atomic E-state index is 0.321. The minimum Gasteiger partial charge on any atom is -0.478 e. The van der Waals surface area contributed by atoms with Crippen molar-refractivity contribution in [3.05, 3.63) is 81.9 Å². The largest absolute Gasteiger partial charge is 0.478 e. The molecule has 3 aromatic carbocycles. The summed E-state index contributed by atoms with van der Waals surface area (Å²) >= 11 is 8.59. The first-order valence-corrected chi connectivity index (χ1v) is 10.9. The maximum Gasteiger partial charge on any atom is 0.336 e. The second-order valence-electron chi connectivity index (χ2n) is 6.43. The summed E-state index contributed by atoms with van der Waals surface area (Å²) in [5, 5.41) is 37.3. The summed E-state index contributed by atoms with van der Waals surface area (Å²) in [6, 6.07) is 12.9. The van der Waals surface area contributed by atoms with Crippen molar-refractivity contribution < 1.29 is 39.6 Å². The molecule has 0 heterocycles. The molecule has 0 aromatic heterocycles. The average molecular weight is 505 g/mol. The highest BCUT2D eigenvalue weighted by Crippen LogP contribution is 2.38. The van der Waals surface area contributed by atoms with E-state index in [0.29, 0.717) is 24.6 Å². The average Bonchev–Trinajstić information content (AvgIpc) is 2.75. The van der Waals surface area contributed by atoms with Crippen molar-refractivity contribution in [3.8, 4) is 0 Å². The van der Waals surface area contributed by atoms with Crippen molar-refractivity contribution in [2.75, 3.05) is 0 Å². The van der Waals surface area contributed by atoms with Crippen LogP contribution in [0.3, 0.4) is 0 Å². The quantitative estimate of drug-likeness (QED) is 0.312. The molecule has 0 aliphatic carbocycles. The fourth-order valence-electron chi connectivity index (χ4n) is 2.79. The Morgan fingerprint density at radius 2 is 0.939 bits per heavy atom. The topological polar surface area (TPSA) is 149 Å². The van der Waals surface area contributed by atoms with Gasteiger partial charge in [0, 0.05) is 19.6 Å². The Balaban J connectivity index is 1.91. The summed E-state index contributed by atoms with van der Waals surface area (Å²) in [5.74, 6) is -5.43. The van der Waals surface area contributed by atoms with E-state index >= 15 is 0 Å². The molecular formula is C22H13ClO8S2. The van der Waals surface area contributed by atoms with Crippen molar-refractivity contribution in [1.29, 1.82) is 0 Å². The van der Waals surface area contributed by atoms with E-state index in [-0.39, 0.29) is 22.3 Å². The number of rotatable bonds is 8. The predicted octanol–water partition coefficient (Wildman–Crippen LogP) is 5.44. The molecule has 0 saturated carbocycles. The van der Waals surface area contributed by atoms with Gasteiger partial charge in [0.25, 0.3) is 0 Å². The molecule has 8 nitrogen and oxygen atoms in total. The normalized spacial score (nSPS) is 10.6. The van der Waals surface area contributed by atoms with Gasteiger partial charge in [0.2, 0.25) is 0 Å². The van der Waals surface area contributed by atoms with E-state index in [2.05, 4.69) is 0 Å². The number of hydrogen-bond donors (Lipinski definition) is 4. The third kappa shape index (κ3) is 5.67. The molecule has 3 rings (SSSR count). The second kappa shape index (κ2) is 9.99. The Hall–Kier alpha value is -3.47. The number of hydrogen-bond acceptors (Lipinski definition) is 6. The van der Waals surface area contributed by atoms with Crippen molar-refractivity contribution in [2.24, 2.45) is 0 Å². The monoisotopic (exact) mass is 504 g/mol. The van der Waals surface area contributed by atoms with E-state index < -0.39 is 23.9 Å². The maximum atomic E-state index is 11.4. The first-order valence-electron chi connectivity index (χ1n) is 8.93. The van der Waals surface area contributed by atoms with Crippen molar-refractivity contribution in [3.63, 3.8) is 0 Å². The lowest BCUT2D eigenvalue weighted by atomic mass is 10.1. The molecule has 0 aliphatic heterocycles. The summed E-state index contributed by atoms with van der Waals surface area (Å²) in [7, 11) is 0. The summed E-state index contributed by atoms with van der Waals surface area (Å²) < 4.78 is 0. The van der Waals surface area contributed by atoms with E-state index in [1.54, 1.807) is 18.2 Å². The predicted molar refractivity (Wildman–Crippen MR) is 120 cm³/mol. The molecule has 4 N–H and O–H groups in total. The van der Waals surface area contributed by atoms with Gasteiger partial charge in [0.1, 0.15) is 0 Å². The van der Waals surface area contributed by atoms with Gasteiger partial charge in [-0.15, -0.1) is 0 Å². The smallest absolute Gasteiger partial charge is 0.336 e. The van der Waals surface area contributed by atoms with Crippen LogP contribution in [-0.2, 0) is 0 Å². The first-order chi connectivity index (χ1) is 15.6. The molecule has 0 atom stereocenters. The van der Waals surface area contributed by atoms with Gasteiger partial charge in [-0.2, -0.15) is 0 Å². The van der Waals surface area contributed by atoms with Gasteiger partial charge in [-0.1, -0.05) is 35.1 Å². The fraction of sp³-hybridized carbons (Fsp3) is 0. The standard InChI is InChI=1S/C22H13ClO8S2/c23-17-6-3-12(32-10-1-4-13(19(24)25)15(7-10)21(28)29)9-18(17)33-11-2-5-14(20(26)27)16(8-11)22(30)31/h1-9H,(H,24,25)(H,26,27)(H,28,29)(H,30,31). The zero-order valence-electron chi connectivity index (χ0n) is 16.3. The van der Waals surface area contributed by atoms with Crippen LogP contribution in [0.25, 0.3) is 0 Å². The first kappa shape index (κ1) is 24.2. The van der Waals surface area contributed by atoms with E-state index in [0.717, 1.165) is 11.8 Å². The van der Waals surface area contributed by atoms with Crippen LogP contribution in [-0.4, -0.2) is 44.3 Å². The van der Waals surface area contributed by atoms with Gasteiger partial charge < -0.3 is 20.4 Å². The molecule has 33 heavy (non-hydrogen) atoms. The minimum atomic E-state index is -1.37. The Morgan fingerprint density at radius 1 is 0.545 bits per heavy atom. The molecule has 0 unspecified atom stereocenters. The molecule has 0 amide bonds. The van der Waals surface area contributed by atoms with Crippen LogP contribution in [0.5, 0.6) is 0 Å². The molecule has 0 aliphatic rings. The molecule has 168 valence electrons. The molecule has 11 heteroatoms. The van der Waals surface area contributed by atoms with Crippen molar-refractivity contribution >= 4 is 59.0 Å². The Labute approximate surface area is 199 Å². The van der Waals surface area contributed by atoms with Gasteiger partial charge in [-0.25, -0.2) is 19.2 Å². The maximum absolute atomic E-state index is 11.4. The lowest BCUT2D eigenvalue weighted by Crippen LogP contribution is -2.07. The van der Waals surface area contributed by atoms with Gasteiger partial charge in [-0.3, -0.25) is 0 Å². The highest BCUT2D eigenvalue weighted by molar-refractivity contribution is 8.00. The van der Waals surface area contributed by atoms with Gasteiger partial charge >= 0.3 is 23.9 Å². The summed E-state index contributed by atoms with van der Waals surface area (Å²) in [6.45, 7) is 0. The molecule has 0 spiro atoms. The van der Waals surface area contributed by atoms with E-state index in [1.807, 2.05) is 0 Å². The molecule has 0 radical (unpaired) electrons. The fourth-order valence-corrected chi connectivity index (χ4v) is 4.91. The van der Waals surface area contributed by atoms with Gasteiger partial charge in [0.05, 0.1) is 27.3 Å². The number of carboxylic acid groups (broad SMARTS) is 4. The van der Waals surface area contributed by atoms with Crippen LogP contribution in [0.2, 0.25) is 5.02 Å². The Kier molecular flexibility index (Phi) is 7.32. The molecule has 0 fully saturated rings. The molecule has 0 bridgehead atoms. The SMILES string of the molecule is O=C(O)c1ccc(Sc2ccc(Cl)c(Sc3ccc(C(=O)O)c(C(=O)O)c3)c2)cc1C(=O)O. The number of carbonyl (C=O) groups is 4. The number of benzene rings is 3. The van der Waals surface area contributed by atoms with Crippen LogP contribution in [0.1, 0.15) is 41.4 Å². The zero-order valence-corrected chi connectivity index (χ0v) is 18.7. The van der Waals surface area contributed by atoms with E-state index in [4.69, 9.17) is 21.8 Å². The summed E-state index contributed by atoms with van der Waals surface area (Å²) in [6.07, 6.45) is 0. The van der Waals surface area contributed by atoms with Gasteiger partial charge in [0.15, 0.2) is 0 Å². The number of carboxylic acids is 4. The van der Waals surface area contributed by atoms with Crippen LogP contribution in [0.15, 0.2) is 74.2 Å². The molecule has 3 aromatic rings. The summed E-state index contributed by atoms with van der Waals surface area (Å²) in [5.41, 5.74) is -1.34. The van der Waals surface area contributed by atoms with Crippen LogP contribution < -0.4 is 0 Å². The lowest BCUT2D eigenvalue weighted by molar-refractivity contribution is 0.0651. The Morgan fingerprint density at radius 3 is 1.39 bits per heavy atom. The number of aromatic carboxylic acids is 4. The highest BCUT2D eigenvalue weighted by Gasteiger charge is 2.18. The highest BCUT2D eigenvalue weighted by atomic mass is 35.5. The van der Waals surface area contributed by atoms with E-state index in [9.17, 15) is 29.4 Å². The van der Waals surface area contributed by atoms with Gasteiger partial charge in [-0.05, 0) is 54.6 Å².